The normalized spacial score (nSPS) is 22.0. The smallest absolute Gasteiger partial charge is 0.303 e. The number of likely N-dealkylation sites (N-methyl/N-ethyl adjacent to an activating group) is 1. The highest BCUT2D eigenvalue weighted by Crippen LogP contribution is 2.55. The van der Waals surface area contributed by atoms with Crippen LogP contribution in [0.15, 0.2) is 48.5 Å². The number of amides is 2. The Balaban J connectivity index is 1.08. The quantitative estimate of drug-likeness (QED) is 0.260. The zero-order valence-corrected chi connectivity index (χ0v) is 28.3. The zero-order chi connectivity index (χ0) is 33.4. The largest absolute Gasteiger partial charge is 0.481 e. The molecule has 48 heavy (non-hydrogen) atoms. The molecule has 254 valence electrons. The number of aliphatic carboxylic acids is 1. The number of piperidine rings is 1. The molecular formula is C39H49N5O4. The van der Waals surface area contributed by atoms with Gasteiger partial charge in [0.05, 0.1) is 17.6 Å². The molecule has 1 saturated carbocycles. The maximum atomic E-state index is 13.9. The molecule has 3 fully saturated rings. The second-order valence-electron chi connectivity index (χ2n) is 15.3. The van der Waals surface area contributed by atoms with E-state index in [0.717, 1.165) is 74.9 Å². The van der Waals surface area contributed by atoms with Gasteiger partial charge in [-0.15, -0.1) is 0 Å². The lowest BCUT2D eigenvalue weighted by atomic mass is 9.77. The molecule has 3 N–H and O–H groups in total. The number of pyridine rings is 1. The first-order valence-electron chi connectivity index (χ1n) is 17.9. The van der Waals surface area contributed by atoms with Crippen LogP contribution in [0.3, 0.4) is 0 Å². The highest BCUT2D eigenvalue weighted by Gasteiger charge is 2.45. The Bertz CT molecular complexity index is 1690. The van der Waals surface area contributed by atoms with E-state index in [0.29, 0.717) is 28.9 Å². The van der Waals surface area contributed by atoms with Gasteiger partial charge in [0.25, 0.3) is 11.8 Å². The molecule has 4 aliphatic rings. The van der Waals surface area contributed by atoms with E-state index in [1.54, 1.807) is 0 Å². The van der Waals surface area contributed by atoms with Crippen LogP contribution in [-0.2, 0) is 17.6 Å². The number of carbonyl (C=O) groups is 3. The van der Waals surface area contributed by atoms with Gasteiger partial charge in [0.2, 0.25) is 0 Å². The van der Waals surface area contributed by atoms with Crippen molar-refractivity contribution in [3.05, 3.63) is 76.5 Å². The summed E-state index contributed by atoms with van der Waals surface area (Å²) in [5.41, 5.74) is 6.06. The molecule has 2 unspecified atom stereocenters. The molecule has 2 aliphatic heterocycles. The maximum absolute atomic E-state index is 13.9. The minimum Gasteiger partial charge on any atom is -0.481 e. The number of benzene rings is 2. The van der Waals surface area contributed by atoms with Gasteiger partial charge < -0.3 is 25.5 Å². The van der Waals surface area contributed by atoms with Gasteiger partial charge in [-0.25, -0.2) is 0 Å². The van der Waals surface area contributed by atoms with Crippen molar-refractivity contribution < 1.29 is 19.5 Å². The van der Waals surface area contributed by atoms with Gasteiger partial charge in [0, 0.05) is 48.3 Å². The number of rotatable bonds is 11. The lowest BCUT2D eigenvalue weighted by Crippen LogP contribution is -2.57. The summed E-state index contributed by atoms with van der Waals surface area (Å²) in [5.74, 6) is -0.0344. The number of nitrogens with zero attached hydrogens (tertiary/aromatic N) is 3. The highest BCUT2D eigenvalue weighted by atomic mass is 16.4. The molecule has 2 saturated heterocycles. The topological polar surface area (TPSA) is 115 Å². The molecule has 2 aromatic carbocycles. The molecule has 0 radical (unpaired) electrons. The van der Waals surface area contributed by atoms with E-state index < -0.39 is 5.97 Å². The van der Waals surface area contributed by atoms with Crippen LogP contribution in [-0.4, -0.2) is 83.5 Å². The summed E-state index contributed by atoms with van der Waals surface area (Å²) in [6, 6.07) is 15.6. The lowest BCUT2D eigenvalue weighted by Gasteiger charge is -2.36. The predicted octanol–water partition coefficient (Wildman–Crippen LogP) is 5.23. The second-order valence-corrected chi connectivity index (χ2v) is 15.3. The Hall–Kier alpha value is -3.82. The van der Waals surface area contributed by atoms with Crippen molar-refractivity contribution in [1.29, 1.82) is 0 Å². The fraction of sp³-hybridized carbons (Fsp3) is 0.538. The van der Waals surface area contributed by atoms with E-state index in [1.165, 1.54) is 30.5 Å². The van der Waals surface area contributed by atoms with Crippen LogP contribution in [0.25, 0.3) is 10.9 Å². The molecular weight excluding hydrogens is 602 g/mol. The number of likely N-dealkylation sites (tertiary alicyclic amines) is 2. The summed E-state index contributed by atoms with van der Waals surface area (Å²) >= 11 is 0. The van der Waals surface area contributed by atoms with Gasteiger partial charge >= 0.3 is 5.97 Å². The molecule has 9 heteroatoms. The van der Waals surface area contributed by atoms with Crippen molar-refractivity contribution in [2.75, 3.05) is 39.8 Å². The third kappa shape index (κ3) is 7.42. The van der Waals surface area contributed by atoms with Gasteiger partial charge in [-0.3, -0.25) is 19.4 Å². The molecule has 0 spiro atoms. The molecule has 0 bridgehead atoms. The minimum atomic E-state index is -0.731. The van der Waals surface area contributed by atoms with Gasteiger partial charge in [-0.05, 0) is 136 Å². The Morgan fingerprint density at radius 2 is 1.77 bits per heavy atom. The molecule has 2 atom stereocenters. The molecule has 3 aromatic rings. The summed E-state index contributed by atoms with van der Waals surface area (Å²) < 4.78 is 0. The molecule has 3 heterocycles. The third-order valence-electron chi connectivity index (χ3n) is 11.6. The van der Waals surface area contributed by atoms with E-state index in [1.807, 2.05) is 49.5 Å². The van der Waals surface area contributed by atoms with Gasteiger partial charge in [-0.2, -0.15) is 0 Å². The average Bonchev–Trinajstić information content (AvgIpc) is 3.83. The Morgan fingerprint density at radius 3 is 2.50 bits per heavy atom. The number of fused-ring (bicyclic) bond motifs is 2. The summed E-state index contributed by atoms with van der Waals surface area (Å²) in [5, 5.41) is 16.7. The number of carbonyl (C=O) groups excluding carboxylic acids is 2. The molecule has 2 amide bonds. The van der Waals surface area contributed by atoms with Crippen LogP contribution < -0.4 is 10.6 Å². The SMILES string of the molecule is CN1CC(NC(=O)c2cccc(C(CCN3CCC(CC(=O)O)CC3)NC(=O)c3ccc4nc5c(cc4c3)CC(C3(C)CC3)CC5)c2)C1. The zero-order valence-electron chi connectivity index (χ0n) is 28.3. The van der Waals surface area contributed by atoms with Crippen LogP contribution in [0, 0.1) is 17.3 Å². The molecule has 1 aromatic heterocycles. The van der Waals surface area contributed by atoms with Crippen LogP contribution in [0.4, 0.5) is 0 Å². The highest BCUT2D eigenvalue weighted by molar-refractivity contribution is 5.98. The van der Waals surface area contributed by atoms with Crippen molar-refractivity contribution in [2.45, 2.75) is 76.8 Å². The summed E-state index contributed by atoms with van der Waals surface area (Å²) in [6.07, 6.45) is 8.60. The lowest BCUT2D eigenvalue weighted by molar-refractivity contribution is -0.138. The Kier molecular flexibility index (Phi) is 9.26. The Morgan fingerprint density at radius 1 is 1.00 bits per heavy atom. The van der Waals surface area contributed by atoms with E-state index >= 15 is 0 Å². The van der Waals surface area contributed by atoms with Gasteiger partial charge in [0.1, 0.15) is 0 Å². The van der Waals surface area contributed by atoms with Crippen molar-refractivity contribution in [3.8, 4) is 0 Å². The Labute approximate surface area is 283 Å². The number of carboxylic acid groups (broad SMARTS) is 1. The van der Waals surface area contributed by atoms with E-state index in [9.17, 15) is 19.5 Å². The van der Waals surface area contributed by atoms with E-state index in [2.05, 4.69) is 33.4 Å². The average molecular weight is 652 g/mol. The second kappa shape index (κ2) is 13.6. The van der Waals surface area contributed by atoms with Crippen molar-refractivity contribution in [1.82, 2.24) is 25.4 Å². The first kappa shape index (κ1) is 32.7. The minimum absolute atomic E-state index is 0.0937. The van der Waals surface area contributed by atoms with Crippen molar-refractivity contribution in [2.24, 2.45) is 17.3 Å². The summed E-state index contributed by atoms with van der Waals surface area (Å²) in [7, 11) is 2.04. The first-order chi connectivity index (χ1) is 23.1. The summed E-state index contributed by atoms with van der Waals surface area (Å²) in [6.45, 7) is 6.57. The maximum Gasteiger partial charge on any atom is 0.303 e. The van der Waals surface area contributed by atoms with E-state index in [4.69, 9.17) is 4.98 Å². The number of hydrogen-bond acceptors (Lipinski definition) is 6. The van der Waals surface area contributed by atoms with Crippen LogP contribution >= 0.6 is 0 Å². The fourth-order valence-electron chi connectivity index (χ4n) is 8.17. The number of hydrogen-bond donors (Lipinski definition) is 3. The predicted molar refractivity (Wildman–Crippen MR) is 186 cm³/mol. The van der Waals surface area contributed by atoms with Gasteiger partial charge in [0.15, 0.2) is 0 Å². The molecule has 7 rings (SSSR count). The standard InChI is InChI=1S/C39H49N5O4/c1-39(13-14-39)31-7-9-34-30(22-31)21-29-20-28(6-8-33(29)41-34)38(48)42-35(12-17-44-15-10-25(11-16-44)18-36(45)46)26-4-3-5-27(19-26)37(47)40-32-23-43(2)24-32/h3-6,8,19-21,25,31-32,35H,7,9-18,22-24H2,1-2H3,(H,40,47)(H,42,48)(H,45,46). The fourth-order valence-corrected chi connectivity index (χ4v) is 8.17. The van der Waals surface area contributed by atoms with Crippen molar-refractivity contribution in [3.63, 3.8) is 0 Å². The third-order valence-corrected chi connectivity index (χ3v) is 11.6. The number of aryl methyl sites for hydroxylation is 1. The number of aromatic nitrogens is 1. The number of nitrogens with one attached hydrogen (secondary N) is 2. The summed E-state index contributed by atoms with van der Waals surface area (Å²) in [4.78, 5) is 47.8. The molecule has 9 nitrogen and oxygen atoms in total. The van der Waals surface area contributed by atoms with Crippen LogP contribution in [0.1, 0.15) is 95.4 Å². The first-order valence-corrected chi connectivity index (χ1v) is 17.9. The monoisotopic (exact) mass is 651 g/mol. The van der Waals surface area contributed by atoms with E-state index in [-0.39, 0.29) is 36.2 Å². The van der Waals surface area contributed by atoms with Crippen LogP contribution in [0.5, 0.6) is 0 Å². The van der Waals surface area contributed by atoms with Crippen molar-refractivity contribution >= 4 is 28.7 Å². The van der Waals surface area contributed by atoms with Gasteiger partial charge in [-0.1, -0.05) is 19.1 Å². The molecule has 2 aliphatic carbocycles. The van der Waals surface area contributed by atoms with Crippen LogP contribution in [0.2, 0.25) is 0 Å². The number of carboxylic acids is 1.